The van der Waals surface area contributed by atoms with E-state index in [1.54, 1.807) is 36.4 Å². The summed E-state index contributed by atoms with van der Waals surface area (Å²) in [5.74, 6) is 0. The number of nitriles is 1. The minimum Gasteiger partial charge on any atom is -0.399 e. The van der Waals surface area contributed by atoms with Gasteiger partial charge in [-0.1, -0.05) is 12.1 Å². The summed E-state index contributed by atoms with van der Waals surface area (Å²) in [6.07, 6.45) is 0.258. The second-order valence-corrected chi connectivity index (χ2v) is 6.51. The zero-order valence-corrected chi connectivity index (χ0v) is 12.3. The van der Waals surface area contributed by atoms with E-state index in [9.17, 15) is 8.42 Å². The van der Waals surface area contributed by atoms with Crippen LogP contribution >= 0.6 is 0 Å². The molecule has 0 atom stereocenters. The van der Waals surface area contributed by atoms with Crippen LogP contribution in [0.2, 0.25) is 0 Å². The first kappa shape index (κ1) is 14.9. The number of nitrogens with zero attached hydrogens (tertiary/aromatic N) is 2. The topological polar surface area (TPSA) is 87.2 Å². The standard InChI is InChI=1S/C15H15N3O2S/c1-18(14-6-4-13(17)5-7-14)21(19,20)15-8-2-12(3-9-15)10-11-16/h2-9H,10,17H2,1H3. The van der Waals surface area contributed by atoms with Gasteiger partial charge in [-0.05, 0) is 42.0 Å². The molecule has 6 heteroatoms. The highest BCUT2D eigenvalue weighted by molar-refractivity contribution is 7.92. The summed E-state index contributed by atoms with van der Waals surface area (Å²) in [6, 6.07) is 14.9. The average Bonchev–Trinajstić information content (AvgIpc) is 2.48. The van der Waals surface area contributed by atoms with Crippen LogP contribution in [0.1, 0.15) is 5.56 Å². The number of nitrogen functional groups attached to an aromatic ring is 1. The SMILES string of the molecule is CN(c1ccc(N)cc1)S(=O)(=O)c1ccc(CC#N)cc1. The van der Waals surface area contributed by atoms with Crippen LogP contribution in [0.3, 0.4) is 0 Å². The number of benzene rings is 2. The molecule has 2 aromatic rings. The molecule has 0 aliphatic carbocycles. The molecule has 0 aromatic heterocycles. The van der Waals surface area contributed by atoms with Gasteiger partial charge in [0.05, 0.1) is 23.1 Å². The summed E-state index contributed by atoms with van der Waals surface area (Å²) in [4.78, 5) is 0.184. The van der Waals surface area contributed by atoms with E-state index in [1.807, 2.05) is 6.07 Å². The third kappa shape index (κ3) is 3.15. The molecule has 0 aliphatic rings. The lowest BCUT2D eigenvalue weighted by Gasteiger charge is -2.19. The van der Waals surface area contributed by atoms with Crippen LogP contribution in [0.4, 0.5) is 11.4 Å². The number of anilines is 2. The molecule has 0 radical (unpaired) electrons. The summed E-state index contributed by atoms with van der Waals surface area (Å²) in [5.41, 5.74) is 7.49. The smallest absolute Gasteiger partial charge is 0.264 e. The molecule has 0 unspecified atom stereocenters. The normalized spacial score (nSPS) is 10.9. The van der Waals surface area contributed by atoms with Gasteiger partial charge >= 0.3 is 0 Å². The van der Waals surface area contributed by atoms with Crippen LogP contribution in [0.5, 0.6) is 0 Å². The van der Waals surface area contributed by atoms with Crippen molar-refractivity contribution in [1.29, 1.82) is 5.26 Å². The zero-order chi connectivity index (χ0) is 15.5. The van der Waals surface area contributed by atoms with Crippen molar-refractivity contribution in [3.05, 3.63) is 54.1 Å². The molecular weight excluding hydrogens is 286 g/mol. The number of rotatable bonds is 4. The fraction of sp³-hybridized carbons (Fsp3) is 0.133. The van der Waals surface area contributed by atoms with Gasteiger partial charge < -0.3 is 5.73 Å². The average molecular weight is 301 g/mol. The Labute approximate surface area is 124 Å². The third-order valence-corrected chi connectivity index (χ3v) is 4.92. The van der Waals surface area contributed by atoms with E-state index < -0.39 is 10.0 Å². The van der Waals surface area contributed by atoms with Gasteiger partial charge in [0.2, 0.25) is 0 Å². The number of hydrogen-bond acceptors (Lipinski definition) is 4. The lowest BCUT2D eigenvalue weighted by atomic mass is 10.2. The Morgan fingerprint density at radius 3 is 2.19 bits per heavy atom. The number of nitrogens with two attached hydrogens (primary N) is 1. The van der Waals surface area contributed by atoms with Crippen molar-refractivity contribution in [3.8, 4) is 6.07 Å². The number of sulfonamides is 1. The van der Waals surface area contributed by atoms with Gasteiger partial charge in [0.1, 0.15) is 0 Å². The van der Waals surface area contributed by atoms with Gasteiger partial charge in [-0.3, -0.25) is 4.31 Å². The molecule has 0 amide bonds. The van der Waals surface area contributed by atoms with Gasteiger partial charge in [0.25, 0.3) is 10.0 Å². The minimum atomic E-state index is -3.63. The molecule has 2 N–H and O–H groups in total. The van der Waals surface area contributed by atoms with Crippen LogP contribution < -0.4 is 10.0 Å². The molecule has 0 heterocycles. The molecule has 0 bridgehead atoms. The van der Waals surface area contributed by atoms with E-state index in [4.69, 9.17) is 11.0 Å². The zero-order valence-electron chi connectivity index (χ0n) is 11.5. The highest BCUT2D eigenvalue weighted by atomic mass is 32.2. The van der Waals surface area contributed by atoms with Crippen LogP contribution in [0.15, 0.2) is 53.4 Å². The van der Waals surface area contributed by atoms with Crippen LogP contribution in [-0.4, -0.2) is 15.5 Å². The largest absolute Gasteiger partial charge is 0.399 e. The molecule has 0 aliphatic heterocycles. The van der Waals surface area contributed by atoms with E-state index in [-0.39, 0.29) is 11.3 Å². The Morgan fingerprint density at radius 2 is 1.67 bits per heavy atom. The number of hydrogen-bond donors (Lipinski definition) is 1. The van der Waals surface area contributed by atoms with Crippen LogP contribution in [-0.2, 0) is 16.4 Å². The van der Waals surface area contributed by atoms with Crippen molar-refractivity contribution >= 4 is 21.4 Å². The monoisotopic (exact) mass is 301 g/mol. The minimum absolute atomic E-state index is 0.184. The predicted octanol–water partition coefficient (Wildman–Crippen LogP) is 2.16. The summed E-state index contributed by atoms with van der Waals surface area (Å²) >= 11 is 0. The maximum Gasteiger partial charge on any atom is 0.264 e. The lowest BCUT2D eigenvalue weighted by molar-refractivity contribution is 0.594. The van der Waals surface area contributed by atoms with Gasteiger partial charge in [0, 0.05) is 12.7 Å². The maximum atomic E-state index is 12.5. The Bertz CT molecular complexity index is 760. The van der Waals surface area contributed by atoms with Crippen molar-refractivity contribution in [3.63, 3.8) is 0 Å². The Kier molecular flexibility index (Phi) is 4.15. The van der Waals surface area contributed by atoms with E-state index >= 15 is 0 Å². The second-order valence-electron chi connectivity index (χ2n) is 4.54. The van der Waals surface area contributed by atoms with Crippen molar-refractivity contribution in [2.24, 2.45) is 0 Å². The molecular formula is C15H15N3O2S. The second kappa shape index (κ2) is 5.85. The van der Waals surface area contributed by atoms with Crippen molar-refractivity contribution in [2.45, 2.75) is 11.3 Å². The fourth-order valence-electron chi connectivity index (χ4n) is 1.85. The molecule has 0 saturated carbocycles. The first-order valence-electron chi connectivity index (χ1n) is 6.25. The predicted molar refractivity (Wildman–Crippen MR) is 82.2 cm³/mol. The first-order valence-corrected chi connectivity index (χ1v) is 7.69. The molecule has 0 fully saturated rings. The lowest BCUT2D eigenvalue weighted by Crippen LogP contribution is -2.26. The first-order chi connectivity index (χ1) is 9.95. The van der Waals surface area contributed by atoms with Crippen molar-refractivity contribution < 1.29 is 8.42 Å². The van der Waals surface area contributed by atoms with E-state index in [1.165, 1.54) is 23.5 Å². The maximum absolute atomic E-state index is 12.5. The summed E-state index contributed by atoms with van der Waals surface area (Å²) < 4.78 is 26.2. The molecule has 5 nitrogen and oxygen atoms in total. The van der Waals surface area contributed by atoms with Crippen LogP contribution in [0.25, 0.3) is 0 Å². The molecule has 0 spiro atoms. The Morgan fingerprint density at radius 1 is 1.10 bits per heavy atom. The van der Waals surface area contributed by atoms with Crippen molar-refractivity contribution in [2.75, 3.05) is 17.1 Å². The Hall–Kier alpha value is -2.52. The highest BCUT2D eigenvalue weighted by Gasteiger charge is 2.20. The van der Waals surface area contributed by atoms with Gasteiger partial charge in [-0.2, -0.15) is 5.26 Å². The molecule has 2 rings (SSSR count). The van der Waals surface area contributed by atoms with Gasteiger partial charge in [-0.15, -0.1) is 0 Å². The van der Waals surface area contributed by atoms with E-state index in [2.05, 4.69) is 0 Å². The molecule has 0 saturated heterocycles. The van der Waals surface area contributed by atoms with Crippen molar-refractivity contribution in [1.82, 2.24) is 0 Å². The van der Waals surface area contributed by atoms with Gasteiger partial charge in [0.15, 0.2) is 0 Å². The summed E-state index contributed by atoms with van der Waals surface area (Å²) in [5, 5.41) is 8.62. The summed E-state index contributed by atoms with van der Waals surface area (Å²) in [6.45, 7) is 0. The quantitative estimate of drug-likeness (QED) is 0.877. The van der Waals surface area contributed by atoms with E-state index in [0.717, 1.165) is 5.56 Å². The molecule has 2 aromatic carbocycles. The Balaban J connectivity index is 2.32. The van der Waals surface area contributed by atoms with E-state index in [0.29, 0.717) is 11.4 Å². The fourth-order valence-corrected chi connectivity index (χ4v) is 3.05. The highest BCUT2D eigenvalue weighted by Crippen LogP contribution is 2.23. The van der Waals surface area contributed by atoms with Gasteiger partial charge in [-0.25, -0.2) is 8.42 Å². The van der Waals surface area contributed by atoms with Crippen LogP contribution in [0, 0.1) is 11.3 Å². The molecule has 21 heavy (non-hydrogen) atoms. The third-order valence-electron chi connectivity index (χ3n) is 3.12. The summed E-state index contributed by atoms with van der Waals surface area (Å²) in [7, 11) is -2.14. The molecule has 108 valence electrons.